The monoisotopic (exact) mass is 164 g/mol. The molecule has 1 aromatic carbocycles. The fraction of sp³-hybridized carbons (Fsp3) is 0.222. The van der Waals surface area contributed by atoms with Crippen LogP contribution in [0.3, 0.4) is 0 Å². The van der Waals surface area contributed by atoms with Gasteiger partial charge in [0.2, 0.25) is 6.41 Å². The van der Waals surface area contributed by atoms with Gasteiger partial charge in [0.05, 0.1) is 0 Å². The van der Waals surface area contributed by atoms with Gasteiger partial charge in [0.25, 0.3) is 0 Å². The summed E-state index contributed by atoms with van der Waals surface area (Å²) in [7, 11) is 3.92. The Morgan fingerprint density at radius 2 is 2.17 bits per heavy atom. The number of hydrogen-bond acceptors (Lipinski definition) is 2. The SMILES string of the molecule is CN(C)c1cccc(NC=O)c1. The molecule has 0 bridgehead atoms. The van der Waals surface area contributed by atoms with Crippen molar-refractivity contribution < 1.29 is 4.79 Å². The topological polar surface area (TPSA) is 32.3 Å². The molecule has 64 valence electrons. The maximum absolute atomic E-state index is 10.1. The van der Waals surface area contributed by atoms with Gasteiger partial charge >= 0.3 is 0 Å². The first kappa shape index (κ1) is 8.59. The number of nitrogens with zero attached hydrogens (tertiary/aromatic N) is 1. The zero-order valence-electron chi connectivity index (χ0n) is 7.24. The van der Waals surface area contributed by atoms with E-state index in [4.69, 9.17) is 0 Å². The van der Waals surface area contributed by atoms with Crippen molar-refractivity contribution in [1.82, 2.24) is 0 Å². The number of amides is 1. The molecule has 1 amide bonds. The zero-order valence-corrected chi connectivity index (χ0v) is 7.24. The molecular weight excluding hydrogens is 152 g/mol. The second kappa shape index (κ2) is 3.76. The van der Waals surface area contributed by atoms with E-state index in [-0.39, 0.29) is 0 Å². The Hall–Kier alpha value is -1.51. The summed E-state index contributed by atoms with van der Waals surface area (Å²) >= 11 is 0. The van der Waals surface area contributed by atoms with Crippen molar-refractivity contribution in [3.05, 3.63) is 24.3 Å². The van der Waals surface area contributed by atoms with Crippen LogP contribution < -0.4 is 10.2 Å². The Balaban J connectivity index is 2.87. The zero-order chi connectivity index (χ0) is 8.97. The number of benzene rings is 1. The molecule has 0 atom stereocenters. The first-order chi connectivity index (χ1) is 5.74. The van der Waals surface area contributed by atoms with Crippen LogP contribution in [0.15, 0.2) is 24.3 Å². The van der Waals surface area contributed by atoms with Gasteiger partial charge in [0, 0.05) is 25.5 Å². The lowest BCUT2D eigenvalue weighted by Crippen LogP contribution is -2.08. The molecular formula is C9H12N2O. The molecule has 0 aliphatic rings. The average Bonchev–Trinajstić information content (AvgIpc) is 2.05. The van der Waals surface area contributed by atoms with Crippen LogP contribution >= 0.6 is 0 Å². The maximum atomic E-state index is 10.1. The van der Waals surface area contributed by atoms with Crippen molar-refractivity contribution in [3.8, 4) is 0 Å². The third kappa shape index (κ3) is 1.99. The van der Waals surface area contributed by atoms with Crippen LogP contribution in [-0.2, 0) is 4.79 Å². The van der Waals surface area contributed by atoms with Gasteiger partial charge in [-0.05, 0) is 18.2 Å². The molecule has 0 radical (unpaired) electrons. The fourth-order valence-electron chi connectivity index (χ4n) is 0.942. The van der Waals surface area contributed by atoms with Crippen LogP contribution in [0, 0.1) is 0 Å². The standard InChI is InChI=1S/C9H12N2O/c1-11(2)9-5-3-4-8(6-9)10-7-12/h3-7H,1-2H3,(H,10,12). The number of hydrogen-bond donors (Lipinski definition) is 1. The number of nitrogens with one attached hydrogen (secondary N) is 1. The molecule has 0 saturated carbocycles. The highest BCUT2D eigenvalue weighted by molar-refractivity contribution is 5.73. The molecule has 0 heterocycles. The molecule has 0 unspecified atom stereocenters. The minimum absolute atomic E-state index is 0.675. The van der Waals surface area contributed by atoms with Gasteiger partial charge in [-0.2, -0.15) is 0 Å². The van der Waals surface area contributed by atoms with Gasteiger partial charge in [-0.1, -0.05) is 6.07 Å². The highest BCUT2D eigenvalue weighted by Crippen LogP contribution is 2.16. The number of anilines is 2. The molecule has 1 N–H and O–H groups in total. The first-order valence-corrected chi connectivity index (χ1v) is 3.71. The van der Waals surface area contributed by atoms with Crippen LogP contribution in [0.5, 0.6) is 0 Å². The summed E-state index contributed by atoms with van der Waals surface area (Å²) in [6.07, 6.45) is 0.675. The van der Waals surface area contributed by atoms with Gasteiger partial charge in [-0.15, -0.1) is 0 Å². The van der Waals surface area contributed by atoms with E-state index in [1.807, 2.05) is 43.3 Å². The number of carbonyl (C=O) groups is 1. The summed E-state index contributed by atoms with van der Waals surface area (Å²) in [4.78, 5) is 12.1. The smallest absolute Gasteiger partial charge is 0.211 e. The second-order valence-electron chi connectivity index (χ2n) is 2.71. The maximum Gasteiger partial charge on any atom is 0.211 e. The molecule has 12 heavy (non-hydrogen) atoms. The van der Waals surface area contributed by atoms with E-state index in [2.05, 4.69) is 5.32 Å². The highest BCUT2D eigenvalue weighted by Gasteiger charge is 1.95. The van der Waals surface area contributed by atoms with E-state index in [0.717, 1.165) is 11.4 Å². The molecule has 0 aromatic heterocycles. The van der Waals surface area contributed by atoms with E-state index in [9.17, 15) is 4.79 Å². The Morgan fingerprint density at radius 3 is 2.75 bits per heavy atom. The Labute approximate surface area is 72.0 Å². The molecule has 0 saturated heterocycles. The summed E-state index contributed by atoms with van der Waals surface area (Å²) < 4.78 is 0. The van der Waals surface area contributed by atoms with E-state index in [0.29, 0.717) is 6.41 Å². The van der Waals surface area contributed by atoms with Crippen molar-refractivity contribution in [2.45, 2.75) is 0 Å². The minimum Gasteiger partial charge on any atom is -0.378 e. The predicted molar refractivity (Wildman–Crippen MR) is 50.5 cm³/mol. The molecule has 0 spiro atoms. The van der Waals surface area contributed by atoms with Gasteiger partial charge in [0.15, 0.2) is 0 Å². The van der Waals surface area contributed by atoms with Gasteiger partial charge in [0.1, 0.15) is 0 Å². The third-order valence-corrected chi connectivity index (χ3v) is 1.59. The molecule has 0 fully saturated rings. The van der Waals surface area contributed by atoms with Crippen LogP contribution in [0.25, 0.3) is 0 Å². The molecule has 3 heteroatoms. The average molecular weight is 164 g/mol. The van der Waals surface area contributed by atoms with Crippen LogP contribution in [0.4, 0.5) is 11.4 Å². The lowest BCUT2D eigenvalue weighted by molar-refractivity contribution is -0.105. The van der Waals surface area contributed by atoms with Crippen molar-refractivity contribution in [2.24, 2.45) is 0 Å². The summed E-state index contributed by atoms with van der Waals surface area (Å²) in [6.45, 7) is 0. The predicted octanol–water partition coefficient (Wildman–Crippen LogP) is 1.32. The Kier molecular flexibility index (Phi) is 2.69. The van der Waals surface area contributed by atoms with Crippen molar-refractivity contribution in [1.29, 1.82) is 0 Å². The summed E-state index contributed by atoms with van der Waals surface area (Å²) in [5.74, 6) is 0. The second-order valence-corrected chi connectivity index (χ2v) is 2.71. The summed E-state index contributed by atoms with van der Waals surface area (Å²) in [5.41, 5.74) is 1.89. The largest absolute Gasteiger partial charge is 0.378 e. The number of rotatable bonds is 3. The molecule has 3 nitrogen and oxygen atoms in total. The summed E-state index contributed by atoms with van der Waals surface area (Å²) in [6, 6.07) is 7.65. The molecule has 1 aromatic rings. The lowest BCUT2D eigenvalue weighted by Gasteiger charge is -2.12. The van der Waals surface area contributed by atoms with E-state index in [1.54, 1.807) is 0 Å². The van der Waals surface area contributed by atoms with Crippen molar-refractivity contribution in [3.63, 3.8) is 0 Å². The van der Waals surface area contributed by atoms with E-state index >= 15 is 0 Å². The van der Waals surface area contributed by atoms with E-state index < -0.39 is 0 Å². The third-order valence-electron chi connectivity index (χ3n) is 1.59. The molecule has 0 aliphatic carbocycles. The van der Waals surface area contributed by atoms with Crippen molar-refractivity contribution >= 4 is 17.8 Å². The minimum atomic E-state index is 0.675. The first-order valence-electron chi connectivity index (χ1n) is 3.71. The van der Waals surface area contributed by atoms with E-state index in [1.165, 1.54) is 0 Å². The lowest BCUT2D eigenvalue weighted by atomic mass is 10.2. The van der Waals surface area contributed by atoms with Crippen LogP contribution in [-0.4, -0.2) is 20.5 Å². The van der Waals surface area contributed by atoms with Gasteiger partial charge in [-0.3, -0.25) is 4.79 Å². The highest BCUT2D eigenvalue weighted by atomic mass is 16.1. The van der Waals surface area contributed by atoms with Crippen molar-refractivity contribution in [2.75, 3.05) is 24.3 Å². The van der Waals surface area contributed by atoms with Gasteiger partial charge < -0.3 is 10.2 Å². The van der Waals surface area contributed by atoms with Gasteiger partial charge in [-0.25, -0.2) is 0 Å². The molecule has 0 aliphatic heterocycles. The van der Waals surface area contributed by atoms with Crippen LogP contribution in [0.2, 0.25) is 0 Å². The Bertz CT molecular complexity index is 271. The normalized spacial score (nSPS) is 9.17. The number of carbonyl (C=O) groups excluding carboxylic acids is 1. The van der Waals surface area contributed by atoms with Crippen LogP contribution in [0.1, 0.15) is 0 Å². The Morgan fingerprint density at radius 1 is 1.42 bits per heavy atom. The summed E-state index contributed by atoms with van der Waals surface area (Å²) in [5, 5.41) is 2.60. The molecule has 1 rings (SSSR count). The quantitative estimate of drug-likeness (QED) is 0.683. The fourth-order valence-corrected chi connectivity index (χ4v) is 0.942.